The van der Waals surface area contributed by atoms with Crippen molar-refractivity contribution in [2.75, 3.05) is 13.4 Å². The summed E-state index contributed by atoms with van der Waals surface area (Å²) in [6.07, 6.45) is -11.4. The highest BCUT2D eigenvalue weighted by molar-refractivity contribution is 8.45. The van der Waals surface area contributed by atoms with Crippen LogP contribution in [-0.4, -0.2) is 49.0 Å². The molecule has 1 aliphatic rings. The Bertz CT molecular complexity index is 1120. The van der Waals surface area contributed by atoms with Gasteiger partial charge in [-0.15, -0.1) is 10.1 Å². The summed E-state index contributed by atoms with van der Waals surface area (Å²) in [5.41, 5.74) is -2.94. The van der Waals surface area contributed by atoms with E-state index in [1.54, 1.807) is 0 Å². The number of halogens is 8. The van der Waals surface area contributed by atoms with Crippen LogP contribution in [0.2, 0.25) is 0 Å². The summed E-state index contributed by atoms with van der Waals surface area (Å²) in [5, 5.41) is 8.87. The first-order chi connectivity index (χ1) is 16.6. The van der Waals surface area contributed by atoms with Gasteiger partial charge in [0.1, 0.15) is 23.4 Å². The molecule has 37 heavy (non-hydrogen) atoms. The Balaban J connectivity index is 2.29. The Labute approximate surface area is 201 Å². The van der Waals surface area contributed by atoms with Gasteiger partial charge in [0.25, 0.3) is 5.09 Å². The lowest BCUT2D eigenvalue weighted by Crippen LogP contribution is -2.41. The molecule has 0 amide bonds. The number of hydrogen-bond donors (Lipinski definition) is 0. The fourth-order valence-corrected chi connectivity index (χ4v) is 3.58. The number of rotatable bonds is 9. The van der Waals surface area contributed by atoms with Crippen molar-refractivity contribution in [3.05, 3.63) is 38.9 Å². The van der Waals surface area contributed by atoms with Crippen LogP contribution >= 0.6 is 10.2 Å². The molecule has 0 unspecified atom stereocenters. The molecule has 1 aliphatic heterocycles. The molecule has 19 heteroatoms. The Morgan fingerprint density at radius 3 is 2.30 bits per heavy atom. The van der Waals surface area contributed by atoms with Gasteiger partial charge in [-0.25, -0.2) is 9.59 Å². The van der Waals surface area contributed by atoms with E-state index in [4.69, 9.17) is 4.74 Å². The summed E-state index contributed by atoms with van der Waals surface area (Å²) < 4.78 is 125. The van der Waals surface area contributed by atoms with Crippen LogP contribution in [0.1, 0.15) is 25.0 Å². The van der Waals surface area contributed by atoms with Gasteiger partial charge in [-0.1, -0.05) is 26.4 Å². The third-order valence-electron chi connectivity index (χ3n) is 4.44. The van der Waals surface area contributed by atoms with E-state index in [0.717, 1.165) is 6.92 Å². The first-order valence-electron chi connectivity index (χ1n) is 9.76. The first-order valence-corrected chi connectivity index (χ1v) is 11.7. The molecule has 1 aromatic rings. The zero-order valence-corrected chi connectivity index (χ0v) is 19.4. The van der Waals surface area contributed by atoms with E-state index in [9.17, 15) is 52.3 Å². The molecule has 0 bridgehead atoms. The number of hydrogen-bond acceptors (Lipinski definition) is 9. The van der Waals surface area contributed by atoms with Gasteiger partial charge >= 0.3 is 28.5 Å². The number of fused-ring (bicyclic) bond motifs is 1. The van der Waals surface area contributed by atoms with E-state index < -0.39 is 93.0 Å². The SMILES string of the molecule is CCc1cc(S(F)(F)(F)(F)F)cc2c1O[C@H](C(F)(F)F)C(C(=O)OCOC(=O)O[C@@H](C)CO[N+](=O)[O-])=C2. The van der Waals surface area contributed by atoms with Crippen LogP contribution in [0.25, 0.3) is 6.08 Å². The van der Waals surface area contributed by atoms with Crippen LogP contribution < -0.4 is 4.74 Å². The molecular formula is C18H17F8NO9S. The molecule has 0 aliphatic carbocycles. The minimum absolute atomic E-state index is 0.0257. The fraction of sp³-hybridized carbons (Fsp3) is 0.444. The van der Waals surface area contributed by atoms with Crippen LogP contribution in [0.3, 0.4) is 0 Å². The van der Waals surface area contributed by atoms with Gasteiger partial charge < -0.3 is 23.8 Å². The van der Waals surface area contributed by atoms with Crippen molar-refractivity contribution in [2.24, 2.45) is 0 Å². The summed E-state index contributed by atoms with van der Waals surface area (Å²) in [5.74, 6) is -2.67. The summed E-state index contributed by atoms with van der Waals surface area (Å²) in [6.45, 7) is 0.253. The van der Waals surface area contributed by atoms with E-state index >= 15 is 0 Å². The van der Waals surface area contributed by atoms with Crippen molar-refractivity contribution in [3.8, 4) is 5.75 Å². The van der Waals surface area contributed by atoms with Gasteiger partial charge in [-0.3, -0.25) is 0 Å². The van der Waals surface area contributed by atoms with Crippen molar-refractivity contribution in [3.63, 3.8) is 0 Å². The first kappa shape index (κ1) is 29.7. The highest BCUT2D eigenvalue weighted by Crippen LogP contribution is 3.02. The van der Waals surface area contributed by atoms with Crippen molar-refractivity contribution in [1.29, 1.82) is 0 Å². The lowest BCUT2D eigenvalue weighted by molar-refractivity contribution is -0.759. The number of aryl methyl sites for hydroxylation is 1. The van der Waals surface area contributed by atoms with Gasteiger partial charge in [0, 0.05) is 5.56 Å². The third-order valence-corrected chi connectivity index (χ3v) is 5.56. The Morgan fingerprint density at radius 1 is 1.16 bits per heavy atom. The highest BCUT2D eigenvalue weighted by Gasteiger charge is 2.66. The molecule has 0 radical (unpaired) electrons. The number of ether oxygens (including phenoxy) is 4. The third kappa shape index (κ3) is 7.99. The van der Waals surface area contributed by atoms with E-state index in [-0.39, 0.29) is 18.2 Å². The zero-order chi connectivity index (χ0) is 28.5. The van der Waals surface area contributed by atoms with Crippen molar-refractivity contribution < 1.29 is 71.1 Å². The predicted molar refractivity (Wildman–Crippen MR) is 107 cm³/mol. The summed E-state index contributed by atoms with van der Waals surface area (Å²) in [7, 11) is -10.3. The second-order valence-corrected chi connectivity index (χ2v) is 9.76. The zero-order valence-electron chi connectivity index (χ0n) is 18.6. The molecule has 2 rings (SSSR count). The maximum absolute atomic E-state index is 13.6. The van der Waals surface area contributed by atoms with Gasteiger partial charge in [0.05, 0.1) is 5.57 Å². The van der Waals surface area contributed by atoms with Crippen LogP contribution in [0.5, 0.6) is 5.75 Å². The molecule has 0 N–H and O–H groups in total. The maximum atomic E-state index is 13.6. The van der Waals surface area contributed by atoms with Crippen molar-refractivity contribution >= 4 is 28.4 Å². The molecule has 0 aromatic heterocycles. The van der Waals surface area contributed by atoms with Crippen molar-refractivity contribution in [2.45, 2.75) is 43.5 Å². The predicted octanol–water partition coefficient (Wildman–Crippen LogP) is 5.86. The molecule has 0 saturated carbocycles. The number of esters is 1. The number of benzene rings is 1. The van der Waals surface area contributed by atoms with E-state index in [2.05, 4.69) is 19.0 Å². The monoisotopic (exact) mass is 575 g/mol. The fourth-order valence-electron chi connectivity index (χ4n) is 2.87. The summed E-state index contributed by atoms with van der Waals surface area (Å²) in [6, 6.07) is -0.180. The van der Waals surface area contributed by atoms with Gasteiger partial charge in [-0.2, -0.15) is 13.2 Å². The molecular weight excluding hydrogens is 558 g/mol. The molecule has 10 nitrogen and oxygen atoms in total. The van der Waals surface area contributed by atoms with Gasteiger partial charge in [0.2, 0.25) is 12.9 Å². The smallest absolute Gasteiger partial charge is 0.475 e. The topological polar surface area (TPSA) is 123 Å². The lowest BCUT2D eigenvalue weighted by Gasteiger charge is -2.41. The largest absolute Gasteiger partial charge is 0.511 e. The minimum Gasteiger partial charge on any atom is -0.475 e. The average molecular weight is 575 g/mol. The van der Waals surface area contributed by atoms with E-state index in [0.29, 0.717) is 0 Å². The van der Waals surface area contributed by atoms with Gasteiger partial charge in [0.15, 0.2) is 0 Å². The second-order valence-electron chi connectivity index (χ2n) is 7.35. The minimum atomic E-state index is -10.3. The Kier molecular flexibility index (Phi) is 7.56. The van der Waals surface area contributed by atoms with Crippen LogP contribution in [0.4, 0.5) is 37.4 Å². The standard InChI is InChI=1S/C18H17F8NO9S/c1-3-10-4-12(37(22,23,24,25)26)5-11-6-13(15(18(19,20)21)36-14(10)11)16(28)32-8-33-17(29)35-9(2)7-34-27(30)31/h4-6,9,15H,3,7-8H2,1-2H3/t9-,15-/m0/s1. The normalized spacial score (nSPS) is 18.1. The van der Waals surface area contributed by atoms with Crippen LogP contribution in [-0.2, 0) is 30.3 Å². The quantitative estimate of drug-likeness (QED) is 0.117. The summed E-state index contributed by atoms with van der Waals surface area (Å²) in [4.78, 5) is 35.3. The molecule has 1 heterocycles. The molecule has 0 spiro atoms. The van der Waals surface area contributed by atoms with E-state index in [1.165, 1.54) is 6.92 Å². The molecule has 2 atom stereocenters. The molecule has 210 valence electrons. The molecule has 0 saturated heterocycles. The Morgan fingerprint density at radius 2 is 1.78 bits per heavy atom. The second kappa shape index (κ2) is 9.42. The average Bonchev–Trinajstić information content (AvgIpc) is 2.73. The summed E-state index contributed by atoms with van der Waals surface area (Å²) >= 11 is 0. The number of carbonyl (C=O) groups is 2. The highest BCUT2D eigenvalue weighted by atomic mass is 32.5. The molecule has 0 fully saturated rings. The maximum Gasteiger partial charge on any atom is 0.511 e. The number of carbonyl (C=O) groups excluding carboxylic acids is 2. The van der Waals surface area contributed by atoms with Crippen LogP contribution in [0.15, 0.2) is 22.6 Å². The molecule has 1 aromatic carbocycles. The Hall–Kier alpha value is -3.51. The number of nitrogens with zero attached hydrogens (tertiary/aromatic N) is 1. The lowest BCUT2D eigenvalue weighted by atomic mass is 9.98. The van der Waals surface area contributed by atoms with Crippen LogP contribution in [0, 0.1) is 10.1 Å². The van der Waals surface area contributed by atoms with E-state index in [1.807, 2.05) is 0 Å². The number of alkyl halides is 3. The van der Waals surface area contributed by atoms with Gasteiger partial charge in [-0.05, 0) is 37.1 Å². The van der Waals surface area contributed by atoms with Crippen molar-refractivity contribution in [1.82, 2.24) is 0 Å².